The Hall–Kier alpha value is -3.07. The van der Waals surface area contributed by atoms with E-state index in [-0.39, 0.29) is 68.4 Å². The van der Waals surface area contributed by atoms with Gasteiger partial charge in [-0.25, -0.2) is 0 Å². The topological polar surface area (TPSA) is 239 Å². The minimum Gasteiger partial charge on any atom is -0.481 e. The number of carbonyl (C=O) groups is 7. The fourth-order valence-corrected chi connectivity index (χ4v) is 6.26. The number of unbranched alkanes of at least 4 members (excludes halogenated alkanes) is 6. The first-order valence-electron chi connectivity index (χ1n) is 29.1. The van der Waals surface area contributed by atoms with Gasteiger partial charge in [0.1, 0.15) is 35.8 Å². The fraction of sp³-hybridized carbons (Fsp3) is 0.887. The molecule has 5 N–H and O–H groups in total. The summed E-state index contributed by atoms with van der Waals surface area (Å²) >= 11 is 0. The second-order valence-electron chi connectivity index (χ2n) is 21.1. The number of carboxylic acid groups (broad SMARTS) is 1. The van der Waals surface area contributed by atoms with E-state index in [0.29, 0.717) is 6.42 Å². The van der Waals surface area contributed by atoms with Gasteiger partial charge in [0.05, 0.1) is 25.4 Å². The highest BCUT2D eigenvalue weighted by Gasteiger charge is 2.18. The molecule has 0 radical (unpaired) electrons. The number of aliphatic hydroxyl groups is 4. The van der Waals surface area contributed by atoms with E-state index in [1.54, 1.807) is 0 Å². The molecule has 0 aromatic heterocycles. The van der Waals surface area contributed by atoms with E-state index < -0.39 is 18.2 Å². The lowest BCUT2D eigenvalue weighted by Gasteiger charge is -2.25. The summed E-state index contributed by atoms with van der Waals surface area (Å²) in [6, 6.07) is 0. The van der Waals surface area contributed by atoms with Crippen LogP contribution in [-0.4, -0.2) is 105 Å². The Morgan fingerprint density at radius 3 is 0.961 bits per heavy atom. The summed E-state index contributed by atoms with van der Waals surface area (Å²) in [6.07, 6.45) is 35.2. The number of carboxylic acids is 1. The smallest absolute Gasteiger partial charge is 0.303 e. The number of rotatable bonds is 22. The molecule has 0 aromatic carbocycles. The van der Waals surface area contributed by atoms with E-state index in [9.17, 15) is 28.8 Å². The Morgan fingerprint density at radius 1 is 0.461 bits per heavy atom. The number of ketones is 4. The molecule has 14 nitrogen and oxygen atoms in total. The zero-order chi connectivity index (χ0) is 59.4. The van der Waals surface area contributed by atoms with Gasteiger partial charge in [0.25, 0.3) is 5.97 Å². The maximum Gasteiger partial charge on any atom is 0.303 e. The summed E-state index contributed by atoms with van der Waals surface area (Å²) in [5.74, 6) is 3.37. The predicted octanol–water partition coefficient (Wildman–Crippen LogP) is 14.8. The van der Waals surface area contributed by atoms with Crippen LogP contribution in [0.2, 0.25) is 0 Å². The number of esters is 2. The molecule has 0 amide bonds. The lowest BCUT2D eigenvalue weighted by Crippen LogP contribution is -2.23. The maximum atomic E-state index is 11.0. The molecule has 4 saturated carbocycles. The van der Waals surface area contributed by atoms with Gasteiger partial charge in [0, 0.05) is 20.8 Å². The number of ether oxygens (including phenoxy) is 2. The average Bonchev–Trinajstić information content (AvgIpc) is 3.24. The Bertz CT molecular complexity index is 1170. The largest absolute Gasteiger partial charge is 0.481 e. The van der Waals surface area contributed by atoms with Crippen LogP contribution in [0.15, 0.2) is 0 Å². The van der Waals surface area contributed by atoms with Crippen molar-refractivity contribution < 1.29 is 68.6 Å². The van der Waals surface area contributed by atoms with Gasteiger partial charge >= 0.3 is 11.9 Å². The number of carbonyl (C=O) groups excluding carboxylic acids is 6. The summed E-state index contributed by atoms with van der Waals surface area (Å²) < 4.78 is 10.1. The van der Waals surface area contributed by atoms with Crippen molar-refractivity contribution in [1.82, 2.24) is 0 Å². The first-order chi connectivity index (χ1) is 35.1. The first kappa shape index (κ1) is 89.5. The van der Waals surface area contributed by atoms with E-state index in [2.05, 4.69) is 27.7 Å². The zero-order valence-corrected chi connectivity index (χ0v) is 51.4. The van der Waals surface area contributed by atoms with Crippen LogP contribution in [0, 0.1) is 23.7 Å². The minimum atomic E-state index is -0.833. The van der Waals surface area contributed by atoms with Gasteiger partial charge in [-0.3, -0.25) is 14.4 Å². The molecule has 0 bridgehead atoms. The van der Waals surface area contributed by atoms with E-state index in [1.807, 2.05) is 6.92 Å². The van der Waals surface area contributed by atoms with Crippen molar-refractivity contribution in [3.8, 4) is 0 Å². The van der Waals surface area contributed by atoms with Gasteiger partial charge in [-0.05, 0) is 105 Å². The lowest BCUT2D eigenvalue weighted by atomic mass is 9.81. The predicted molar refractivity (Wildman–Crippen MR) is 315 cm³/mol. The molecule has 3 unspecified atom stereocenters. The molecule has 0 spiro atoms. The van der Waals surface area contributed by atoms with Gasteiger partial charge in [0.2, 0.25) is 0 Å². The molecule has 14 heteroatoms. The number of hydrogen-bond donors (Lipinski definition) is 5. The number of hydrogen-bond acceptors (Lipinski definition) is 13. The van der Waals surface area contributed by atoms with Crippen LogP contribution in [0.25, 0.3) is 0 Å². The SMILES string of the molecule is C.CC(=O)O.CC(=O)OCC(CCCCCC1CCC1)OC(C)=O.CC(C)=O.CC(C)=O.CC(C)=O.CC(C)=O.CC1CCC1.CCC(O)CO.CCCC.CCCCC1CCC1.OCC(O)CCCCCC1CCC1. The Kier molecular flexibility index (Phi) is 82.4. The third kappa shape index (κ3) is 107. The van der Waals surface area contributed by atoms with Crippen LogP contribution >= 0.6 is 0 Å². The highest BCUT2D eigenvalue weighted by molar-refractivity contribution is 5.73. The molecule has 76 heavy (non-hydrogen) atoms. The third-order valence-electron chi connectivity index (χ3n) is 11.5. The molecule has 4 aliphatic rings. The van der Waals surface area contributed by atoms with Gasteiger partial charge in [-0.2, -0.15) is 0 Å². The quantitative estimate of drug-likeness (QED) is 0.0501. The van der Waals surface area contributed by atoms with Crippen molar-refractivity contribution in [1.29, 1.82) is 0 Å². The van der Waals surface area contributed by atoms with Gasteiger partial charge < -0.3 is 54.2 Å². The number of aliphatic carboxylic acids is 1. The van der Waals surface area contributed by atoms with E-state index in [1.165, 1.54) is 210 Å². The summed E-state index contributed by atoms with van der Waals surface area (Å²) in [6.45, 7) is 26.8. The molecule has 458 valence electrons. The number of aliphatic hydroxyl groups excluding tert-OH is 4. The van der Waals surface area contributed by atoms with Crippen molar-refractivity contribution in [2.24, 2.45) is 23.7 Å². The second-order valence-corrected chi connectivity index (χ2v) is 21.1. The molecular weight excluding hydrogens is 969 g/mol. The van der Waals surface area contributed by atoms with Crippen molar-refractivity contribution in [2.75, 3.05) is 19.8 Å². The molecule has 0 heterocycles. The Morgan fingerprint density at radius 2 is 0.763 bits per heavy atom. The molecule has 4 aliphatic carbocycles. The van der Waals surface area contributed by atoms with Crippen LogP contribution in [0.1, 0.15) is 298 Å². The van der Waals surface area contributed by atoms with Crippen LogP contribution < -0.4 is 0 Å². The molecule has 4 rings (SSSR count). The molecule has 0 aromatic rings. The Balaban J connectivity index is -0.000000119. The van der Waals surface area contributed by atoms with Crippen LogP contribution in [0.5, 0.6) is 0 Å². The van der Waals surface area contributed by atoms with E-state index in [4.69, 9.17) is 39.8 Å². The van der Waals surface area contributed by atoms with E-state index in [0.717, 1.165) is 62.7 Å². The van der Waals surface area contributed by atoms with E-state index >= 15 is 0 Å². The van der Waals surface area contributed by atoms with Crippen molar-refractivity contribution in [3.05, 3.63) is 0 Å². The Labute approximate surface area is 467 Å². The van der Waals surface area contributed by atoms with Crippen LogP contribution in [0.3, 0.4) is 0 Å². The number of Topliss-reactive ketones (excluding diaryl/α,β-unsaturated/α-hetero) is 4. The molecule has 3 atom stereocenters. The average molecular weight is 1100 g/mol. The summed E-state index contributed by atoms with van der Waals surface area (Å²) in [7, 11) is 0. The third-order valence-corrected chi connectivity index (χ3v) is 11.5. The fourth-order valence-electron chi connectivity index (χ4n) is 6.26. The van der Waals surface area contributed by atoms with Crippen LogP contribution in [0.4, 0.5) is 0 Å². The second kappa shape index (κ2) is 69.9. The first-order valence-corrected chi connectivity index (χ1v) is 29.1. The van der Waals surface area contributed by atoms with Gasteiger partial charge in [-0.15, -0.1) is 0 Å². The van der Waals surface area contributed by atoms with Crippen molar-refractivity contribution in [3.63, 3.8) is 0 Å². The summed E-state index contributed by atoms with van der Waals surface area (Å²) in [4.78, 5) is 68.5. The highest BCUT2D eigenvalue weighted by Crippen LogP contribution is 2.32. The maximum absolute atomic E-state index is 11.0. The standard InChI is InChI=1S/C15H26O4.C11H22O2.C8H16.C5H10.C4H10O2.C4H10.4C3H6O.C2H4O2.CH4/c1-12(16)18-11-15(19-13(2)17)10-5-3-4-7-14-8-6-9-14;12-9-11(13)8-3-1-2-5-10-6-4-7-10;1-2-3-5-8-6-4-7-8;1-5-3-2-4-5;1-2-4(6)3-5;1-3-4-2;4*1-3(2)4;1-2(3)4;/h14-15H,3-11H2,1-2H3;10-13H,1-9H2;8H,2-7H2,1H3;5H,2-4H2,1H3;4-6H,2-3H2,1H3;3-4H2,1-2H3;4*1-2H3;1H3,(H,3,4);1H4. The zero-order valence-electron chi connectivity index (χ0n) is 51.4. The molecular formula is C62H126O14. The summed E-state index contributed by atoms with van der Waals surface area (Å²) in [5.41, 5.74) is 0. The van der Waals surface area contributed by atoms with Crippen molar-refractivity contribution >= 4 is 41.0 Å². The van der Waals surface area contributed by atoms with Gasteiger partial charge in [-0.1, -0.05) is 196 Å². The van der Waals surface area contributed by atoms with Gasteiger partial charge in [0.15, 0.2) is 0 Å². The normalized spacial score (nSPS) is 14.6. The highest BCUT2D eigenvalue weighted by atomic mass is 16.6. The minimum absolute atomic E-state index is 0. The molecule has 4 fully saturated rings. The monoisotopic (exact) mass is 1090 g/mol. The summed E-state index contributed by atoms with van der Waals surface area (Å²) in [5, 5.41) is 41.6. The van der Waals surface area contributed by atoms with Crippen LogP contribution in [-0.2, 0) is 43.0 Å². The van der Waals surface area contributed by atoms with Crippen molar-refractivity contribution in [2.45, 2.75) is 316 Å². The molecule has 0 saturated heterocycles. The lowest BCUT2D eigenvalue weighted by molar-refractivity contribution is -0.156. The molecule has 0 aliphatic heterocycles.